The Kier molecular flexibility index (Phi) is 3.97. The zero-order valence-electron chi connectivity index (χ0n) is 10.1. The Labute approximate surface area is 98.2 Å². The minimum atomic E-state index is 0.441. The van der Waals surface area contributed by atoms with Gasteiger partial charge in [0.05, 0.1) is 0 Å². The average Bonchev–Trinajstić information content (AvgIpc) is 2.71. The molecule has 2 fully saturated rings. The highest BCUT2D eigenvalue weighted by Crippen LogP contribution is 2.26. The van der Waals surface area contributed by atoms with E-state index in [4.69, 9.17) is 0 Å². The largest absolute Gasteiger partial charge is 0.310 e. The van der Waals surface area contributed by atoms with Crippen LogP contribution in [0.5, 0.6) is 0 Å². The predicted octanol–water partition coefficient (Wildman–Crippen LogP) is 1.96. The smallest absolute Gasteiger partial charge is 0.0306 e. The van der Waals surface area contributed by atoms with Gasteiger partial charge in [0, 0.05) is 36.2 Å². The van der Waals surface area contributed by atoms with Gasteiger partial charge in [-0.25, -0.2) is 0 Å². The summed E-state index contributed by atoms with van der Waals surface area (Å²) >= 11 is 2.11. The fourth-order valence-corrected chi connectivity index (χ4v) is 3.88. The van der Waals surface area contributed by atoms with Crippen LogP contribution in [0.15, 0.2) is 0 Å². The maximum Gasteiger partial charge on any atom is 0.0306 e. The summed E-state index contributed by atoms with van der Waals surface area (Å²) in [6, 6.07) is 0.773. The molecule has 2 heterocycles. The van der Waals surface area contributed by atoms with Crippen molar-refractivity contribution in [3.05, 3.63) is 0 Å². The second-order valence-electron chi connectivity index (χ2n) is 5.06. The fourth-order valence-electron chi connectivity index (χ4n) is 2.80. The van der Waals surface area contributed by atoms with Crippen molar-refractivity contribution in [2.45, 2.75) is 44.7 Å². The topological polar surface area (TPSA) is 15.3 Å². The molecule has 15 heavy (non-hydrogen) atoms. The molecule has 2 nitrogen and oxygen atoms in total. The van der Waals surface area contributed by atoms with Crippen molar-refractivity contribution in [2.24, 2.45) is 0 Å². The van der Waals surface area contributed by atoms with Gasteiger partial charge in [-0.15, -0.1) is 0 Å². The third-order valence-corrected chi connectivity index (χ3v) is 5.21. The minimum absolute atomic E-state index is 0.441. The Morgan fingerprint density at radius 1 is 1.53 bits per heavy atom. The molecule has 0 aliphatic carbocycles. The van der Waals surface area contributed by atoms with Crippen LogP contribution in [0.2, 0.25) is 0 Å². The lowest BCUT2D eigenvalue weighted by atomic mass is 9.93. The molecule has 0 radical (unpaired) electrons. The summed E-state index contributed by atoms with van der Waals surface area (Å²) in [6.45, 7) is 8.50. The number of rotatable bonds is 3. The molecule has 0 aromatic carbocycles. The summed E-state index contributed by atoms with van der Waals surface area (Å²) in [4.78, 5) is 2.69. The van der Waals surface area contributed by atoms with Crippen molar-refractivity contribution in [1.29, 1.82) is 0 Å². The monoisotopic (exact) mass is 228 g/mol. The summed E-state index contributed by atoms with van der Waals surface area (Å²) < 4.78 is 0. The Bertz CT molecular complexity index is 202. The molecule has 2 aliphatic heterocycles. The SMILES string of the molecule is CCC1(CN2CCSCC2C)CCCN1. The number of thioether (sulfide) groups is 1. The molecule has 0 aromatic heterocycles. The van der Waals surface area contributed by atoms with Gasteiger partial charge in [-0.3, -0.25) is 4.90 Å². The van der Waals surface area contributed by atoms with Gasteiger partial charge in [0.15, 0.2) is 0 Å². The van der Waals surface area contributed by atoms with Crippen LogP contribution in [0.1, 0.15) is 33.1 Å². The number of nitrogens with one attached hydrogen (secondary N) is 1. The molecule has 88 valence electrons. The van der Waals surface area contributed by atoms with E-state index in [-0.39, 0.29) is 0 Å². The van der Waals surface area contributed by atoms with E-state index < -0.39 is 0 Å². The maximum absolute atomic E-state index is 3.74. The van der Waals surface area contributed by atoms with Gasteiger partial charge >= 0.3 is 0 Å². The molecule has 0 aromatic rings. The zero-order chi connectivity index (χ0) is 10.7. The maximum atomic E-state index is 3.74. The van der Waals surface area contributed by atoms with E-state index >= 15 is 0 Å². The fraction of sp³-hybridized carbons (Fsp3) is 1.00. The summed E-state index contributed by atoms with van der Waals surface area (Å²) in [5.74, 6) is 2.64. The van der Waals surface area contributed by atoms with Crippen LogP contribution in [-0.4, -0.2) is 47.6 Å². The first-order valence-electron chi connectivity index (χ1n) is 6.32. The normalized spacial score (nSPS) is 38.4. The molecule has 2 rings (SSSR count). The van der Waals surface area contributed by atoms with Crippen molar-refractivity contribution in [3.8, 4) is 0 Å². The lowest BCUT2D eigenvalue weighted by molar-refractivity contribution is 0.161. The number of hydrogen-bond donors (Lipinski definition) is 1. The van der Waals surface area contributed by atoms with E-state index in [0.29, 0.717) is 5.54 Å². The van der Waals surface area contributed by atoms with Gasteiger partial charge in [-0.2, -0.15) is 11.8 Å². The molecule has 0 bridgehead atoms. The number of hydrogen-bond acceptors (Lipinski definition) is 3. The minimum Gasteiger partial charge on any atom is -0.310 e. The molecular formula is C12H24N2S. The molecule has 1 N–H and O–H groups in total. The second kappa shape index (κ2) is 5.07. The lowest BCUT2D eigenvalue weighted by Crippen LogP contribution is -2.53. The van der Waals surface area contributed by atoms with Gasteiger partial charge in [-0.05, 0) is 32.7 Å². The predicted molar refractivity (Wildman–Crippen MR) is 68.6 cm³/mol. The van der Waals surface area contributed by atoms with Crippen LogP contribution in [0.4, 0.5) is 0 Å². The molecule has 2 saturated heterocycles. The van der Waals surface area contributed by atoms with E-state index in [9.17, 15) is 0 Å². The van der Waals surface area contributed by atoms with Crippen LogP contribution in [0, 0.1) is 0 Å². The third-order valence-electron chi connectivity index (χ3n) is 4.02. The molecule has 2 unspecified atom stereocenters. The standard InChI is InChI=1S/C12H24N2S/c1-3-12(5-4-6-13-12)10-14-7-8-15-9-11(14)2/h11,13H,3-10H2,1-2H3. The molecule has 0 spiro atoms. The first-order valence-corrected chi connectivity index (χ1v) is 7.48. The molecule has 2 atom stereocenters. The highest BCUT2D eigenvalue weighted by atomic mass is 32.2. The highest BCUT2D eigenvalue weighted by Gasteiger charge is 2.35. The van der Waals surface area contributed by atoms with Crippen LogP contribution in [-0.2, 0) is 0 Å². The Morgan fingerprint density at radius 3 is 3.00 bits per heavy atom. The van der Waals surface area contributed by atoms with Gasteiger partial charge in [0.1, 0.15) is 0 Å². The van der Waals surface area contributed by atoms with Crippen LogP contribution in [0.3, 0.4) is 0 Å². The lowest BCUT2D eigenvalue weighted by Gasteiger charge is -2.40. The molecule has 2 aliphatic rings. The van der Waals surface area contributed by atoms with E-state index in [1.54, 1.807) is 0 Å². The van der Waals surface area contributed by atoms with Gasteiger partial charge in [0.25, 0.3) is 0 Å². The van der Waals surface area contributed by atoms with Crippen LogP contribution in [0.25, 0.3) is 0 Å². The van der Waals surface area contributed by atoms with Crippen molar-refractivity contribution in [2.75, 3.05) is 31.1 Å². The van der Waals surface area contributed by atoms with Crippen molar-refractivity contribution >= 4 is 11.8 Å². The van der Waals surface area contributed by atoms with Crippen molar-refractivity contribution < 1.29 is 0 Å². The zero-order valence-corrected chi connectivity index (χ0v) is 10.9. The van der Waals surface area contributed by atoms with E-state index in [1.165, 1.54) is 50.4 Å². The second-order valence-corrected chi connectivity index (χ2v) is 6.21. The average molecular weight is 228 g/mol. The van der Waals surface area contributed by atoms with Crippen LogP contribution >= 0.6 is 11.8 Å². The Balaban J connectivity index is 1.93. The van der Waals surface area contributed by atoms with Gasteiger partial charge < -0.3 is 5.32 Å². The molecular weight excluding hydrogens is 204 g/mol. The molecule has 3 heteroatoms. The van der Waals surface area contributed by atoms with E-state index in [2.05, 4.69) is 35.8 Å². The summed E-state index contributed by atoms with van der Waals surface area (Å²) in [5.41, 5.74) is 0.441. The van der Waals surface area contributed by atoms with E-state index in [1.807, 2.05) is 0 Å². The Hall–Kier alpha value is 0.270. The van der Waals surface area contributed by atoms with Crippen molar-refractivity contribution in [3.63, 3.8) is 0 Å². The molecule has 0 amide bonds. The highest BCUT2D eigenvalue weighted by molar-refractivity contribution is 7.99. The first kappa shape index (κ1) is 11.7. The van der Waals surface area contributed by atoms with Crippen LogP contribution < -0.4 is 5.32 Å². The third kappa shape index (κ3) is 2.69. The van der Waals surface area contributed by atoms with E-state index in [0.717, 1.165) is 6.04 Å². The summed E-state index contributed by atoms with van der Waals surface area (Å²) in [7, 11) is 0. The van der Waals surface area contributed by atoms with Gasteiger partial charge in [0.2, 0.25) is 0 Å². The Morgan fingerprint density at radius 2 is 2.40 bits per heavy atom. The number of nitrogens with zero attached hydrogens (tertiary/aromatic N) is 1. The summed E-state index contributed by atoms with van der Waals surface area (Å²) in [6.07, 6.45) is 4.02. The van der Waals surface area contributed by atoms with Gasteiger partial charge in [-0.1, -0.05) is 6.92 Å². The molecule has 0 saturated carbocycles. The summed E-state index contributed by atoms with van der Waals surface area (Å²) in [5, 5.41) is 3.74. The quantitative estimate of drug-likeness (QED) is 0.795. The first-order chi connectivity index (χ1) is 7.26. The van der Waals surface area contributed by atoms with Crippen molar-refractivity contribution in [1.82, 2.24) is 10.2 Å².